The second-order valence-corrected chi connectivity index (χ2v) is 6.56. The van der Waals surface area contributed by atoms with Crippen LogP contribution in [0.25, 0.3) is 11.0 Å². The molecule has 1 aliphatic heterocycles. The number of nitrogens with zero attached hydrogens (tertiary/aromatic N) is 3. The molecule has 1 aliphatic rings. The van der Waals surface area contributed by atoms with E-state index in [2.05, 4.69) is 19.9 Å². The van der Waals surface area contributed by atoms with Crippen LogP contribution in [0.15, 0.2) is 36.4 Å². The minimum atomic E-state index is -0.367. The molecular weight excluding hydrogens is 360 g/mol. The van der Waals surface area contributed by atoms with E-state index in [1.165, 1.54) is 7.11 Å². The largest absolute Gasteiger partial charge is 0.481 e. The van der Waals surface area contributed by atoms with Crippen LogP contribution in [-0.4, -0.2) is 47.9 Å². The second kappa shape index (κ2) is 7.95. The molecule has 3 aromatic rings. The highest BCUT2D eigenvalue weighted by molar-refractivity contribution is 5.93. The van der Waals surface area contributed by atoms with Gasteiger partial charge in [0.15, 0.2) is 0 Å². The van der Waals surface area contributed by atoms with Crippen LogP contribution in [0.3, 0.4) is 0 Å². The van der Waals surface area contributed by atoms with Crippen molar-refractivity contribution in [2.24, 2.45) is 0 Å². The van der Waals surface area contributed by atoms with E-state index in [1.807, 2.05) is 24.3 Å². The van der Waals surface area contributed by atoms with Crippen molar-refractivity contribution in [3.05, 3.63) is 53.5 Å². The molecule has 146 valence electrons. The molecule has 0 bridgehead atoms. The van der Waals surface area contributed by atoms with E-state index in [9.17, 15) is 4.79 Å². The van der Waals surface area contributed by atoms with Crippen LogP contribution in [0.2, 0.25) is 0 Å². The molecule has 8 heteroatoms. The molecule has 1 atom stereocenters. The fourth-order valence-electron chi connectivity index (χ4n) is 3.45. The van der Waals surface area contributed by atoms with Crippen LogP contribution in [0.5, 0.6) is 5.88 Å². The monoisotopic (exact) mass is 382 g/mol. The number of methoxy groups -OCH3 is 2. The number of pyridine rings is 1. The summed E-state index contributed by atoms with van der Waals surface area (Å²) in [6, 6.07) is 11.3. The van der Waals surface area contributed by atoms with Gasteiger partial charge in [-0.05, 0) is 24.3 Å². The van der Waals surface area contributed by atoms with Gasteiger partial charge < -0.3 is 24.1 Å². The van der Waals surface area contributed by atoms with Crippen LogP contribution in [0, 0.1) is 0 Å². The highest BCUT2D eigenvalue weighted by atomic mass is 16.5. The smallest absolute Gasteiger partial charge is 0.337 e. The van der Waals surface area contributed by atoms with Crippen molar-refractivity contribution in [2.45, 2.75) is 19.2 Å². The average Bonchev–Trinajstić information content (AvgIpc) is 3.11. The number of imidazole rings is 1. The van der Waals surface area contributed by atoms with E-state index in [0.29, 0.717) is 37.7 Å². The number of fused-ring (bicyclic) bond motifs is 3. The Hall–Kier alpha value is -2.97. The van der Waals surface area contributed by atoms with Gasteiger partial charge in [0.1, 0.15) is 12.4 Å². The van der Waals surface area contributed by atoms with Gasteiger partial charge in [-0.15, -0.1) is 0 Å². The number of carbonyl (C=O) groups excluding carboxylic acids is 1. The number of hydrogen-bond donors (Lipinski definition) is 1. The standard InChI is InChI=1S/C20H22N4O4/c1-26-19-5-3-4-14(22-19)9-21-10-15-11-28-12-18-23-16-8-13(20(25)27-2)6-7-17(16)24(15)18/h3-8,15,21H,9-12H2,1-2H3/t15-/m0/s1. The number of rotatable bonds is 6. The topological polar surface area (TPSA) is 87.5 Å². The van der Waals surface area contributed by atoms with Crippen molar-refractivity contribution in [1.82, 2.24) is 19.9 Å². The lowest BCUT2D eigenvalue weighted by Crippen LogP contribution is -2.32. The number of nitrogens with one attached hydrogen (secondary N) is 1. The van der Waals surface area contributed by atoms with Crippen LogP contribution >= 0.6 is 0 Å². The predicted molar refractivity (Wildman–Crippen MR) is 102 cm³/mol. The maximum Gasteiger partial charge on any atom is 0.337 e. The normalized spacial score (nSPS) is 16.0. The molecule has 0 unspecified atom stereocenters. The molecule has 0 saturated carbocycles. The van der Waals surface area contributed by atoms with Crippen molar-refractivity contribution in [3.8, 4) is 5.88 Å². The number of benzene rings is 1. The zero-order chi connectivity index (χ0) is 19.5. The van der Waals surface area contributed by atoms with Crippen LogP contribution in [-0.2, 0) is 22.6 Å². The van der Waals surface area contributed by atoms with E-state index in [1.54, 1.807) is 19.2 Å². The molecule has 3 heterocycles. The minimum Gasteiger partial charge on any atom is -0.481 e. The lowest BCUT2D eigenvalue weighted by molar-refractivity contribution is 0.0563. The summed E-state index contributed by atoms with van der Waals surface area (Å²) in [5.74, 6) is 1.09. The molecule has 1 N–H and O–H groups in total. The van der Waals surface area contributed by atoms with Crippen LogP contribution in [0.1, 0.15) is 27.9 Å². The summed E-state index contributed by atoms with van der Waals surface area (Å²) in [6.45, 7) is 2.38. The van der Waals surface area contributed by atoms with Crippen molar-refractivity contribution < 1.29 is 19.0 Å². The first-order chi connectivity index (χ1) is 13.7. The van der Waals surface area contributed by atoms with Crippen molar-refractivity contribution in [2.75, 3.05) is 27.4 Å². The number of ether oxygens (including phenoxy) is 3. The minimum absolute atomic E-state index is 0.100. The third-order valence-corrected chi connectivity index (χ3v) is 4.77. The highest BCUT2D eigenvalue weighted by Crippen LogP contribution is 2.26. The Morgan fingerprint density at radius 1 is 1.29 bits per heavy atom. The maximum atomic E-state index is 11.8. The summed E-state index contributed by atoms with van der Waals surface area (Å²) in [5.41, 5.74) is 3.15. The molecule has 0 fully saturated rings. The Kier molecular flexibility index (Phi) is 5.23. The summed E-state index contributed by atoms with van der Waals surface area (Å²) in [4.78, 5) is 20.8. The molecule has 28 heavy (non-hydrogen) atoms. The molecule has 0 amide bonds. The van der Waals surface area contributed by atoms with Crippen LogP contribution < -0.4 is 10.1 Å². The fourth-order valence-corrected chi connectivity index (χ4v) is 3.45. The van der Waals surface area contributed by atoms with Gasteiger partial charge in [-0.3, -0.25) is 0 Å². The van der Waals surface area contributed by atoms with Crippen molar-refractivity contribution in [3.63, 3.8) is 0 Å². The number of carbonyl (C=O) groups is 1. The quantitative estimate of drug-likeness (QED) is 0.653. The zero-order valence-electron chi connectivity index (χ0n) is 15.8. The molecule has 0 radical (unpaired) electrons. The molecule has 0 saturated heterocycles. The first-order valence-corrected chi connectivity index (χ1v) is 9.07. The van der Waals surface area contributed by atoms with E-state index < -0.39 is 0 Å². The van der Waals surface area contributed by atoms with Crippen molar-refractivity contribution >= 4 is 17.0 Å². The second-order valence-electron chi connectivity index (χ2n) is 6.56. The first-order valence-electron chi connectivity index (χ1n) is 9.07. The lowest BCUT2D eigenvalue weighted by atomic mass is 10.2. The molecule has 0 aliphatic carbocycles. The third-order valence-electron chi connectivity index (χ3n) is 4.77. The fraction of sp³-hybridized carbons (Fsp3) is 0.350. The maximum absolute atomic E-state index is 11.8. The Balaban J connectivity index is 1.52. The van der Waals surface area contributed by atoms with Gasteiger partial charge in [-0.2, -0.15) is 0 Å². The van der Waals surface area contributed by atoms with E-state index in [0.717, 1.165) is 22.6 Å². The molecular formula is C20H22N4O4. The Morgan fingerprint density at radius 2 is 2.18 bits per heavy atom. The molecule has 1 aromatic carbocycles. The molecule has 2 aromatic heterocycles. The van der Waals surface area contributed by atoms with E-state index in [-0.39, 0.29) is 12.0 Å². The SMILES string of the molecule is COC(=O)c1ccc2c(c1)nc1n2[C@@H](CNCc2cccc(OC)n2)COC1. The Labute approximate surface area is 162 Å². The molecule has 8 nitrogen and oxygen atoms in total. The summed E-state index contributed by atoms with van der Waals surface area (Å²) < 4.78 is 17.9. The van der Waals surface area contributed by atoms with E-state index >= 15 is 0 Å². The highest BCUT2D eigenvalue weighted by Gasteiger charge is 2.24. The number of hydrogen-bond acceptors (Lipinski definition) is 7. The van der Waals surface area contributed by atoms with Gasteiger partial charge in [-0.25, -0.2) is 14.8 Å². The number of esters is 1. The lowest BCUT2D eigenvalue weighted by Gasteiger charge is -2.26. The van der Waals surface area contributed by atoms with Crippen LogP contribution in [0.4, 0.5) is 0 Å². The Bertz CT molecular complexity index is 1000. The average molecular weight is 382 g/mol. The zero-order valence-corrected chi connectivity index (χ0v) is 15.8. The summed E-state index contributed by atoms with van der Waals surface area (Å²) in [5, 5.41) is 3.44. The van der Waals surface area contributed by atoms with Crippen molar-refractivity contribution in [1.29, 1.82) is 0 Å². The van der Waals surface area contributed by atoms with Gasteiger partial charge in [0.05, 0.1) is 49.2 Å². The summed E-state index contributed by atoms with van der Waals surface area (Å²) in [7, 11) is 2.98. The van der Waals surface area contributed by atoms with E-state index in [4.69, 9.17) is 14.2 Å². The number of aromatic nitrogens is 3. The van der Waals surface area contributed by atoms with Gasteiger partial charge in [0.2, 0.25) is 5.88 Å². The van der Waals surface area contributed by atoms with Gasteiger partial charge in [-0.1, -0.05) is 6.07 Å². The van der Waals surface area contributed by atoms with Gasteiger partial charge in [0, 0.05) is 19.2 Å². The first kappa shape index (κ1) is 18.4. The Morgan fingerprint density at radius 3 is 3.00 bits per heavy atom. The third kappa shape index (κ3) is 3.56. The summed E-state index contributed by atoms with van der Waals surface area (Å²) in [6.07, 6.45) is 0. The predicted octanol–water partition coefficient (Wildman–Crippen LogP) is 2.09. The summed E-state index contributed by atoms with van der Waals surface area (Å²) >= 11 is 0. The molecule has 0 spiro atoms. The van der Waals surface area contributed by atoms with Gasteiger partial charge in [0.25, 0.3) is 0 Å². The molecule has 4 rings (SSSR count). The van der Waals surface area contributed by atoms with Gasteiger partial charge >= 0.3 is 5.97 Å².